The number of alkyl halides is 2. The average Bonchev–Trinajstić information content (AvgIpc) is 2.30. The summed E-state index contributed by atoms with van der Waals surface area (Å²) < 4.78 is 26.8. The van der Waals surface area contributed by atoms with Crippen LogP contribution in [0.5, 0.6) is 0 Å². The van der Waals surface area contributed by atoms with Crippen LogP contribution in [0, 0.1) is 0 Å². The molecule has 2 aliphatic rings. The summed E-state index contributed by atoms with van der Waals surface area (Å²) in [6, 6.07) is 0. The predicted molar refractivity (Wildman–Crippen MR) is 43.4 cm³/mol. The lowest BCUT2D eigenvalue weighted by atomic mass is 9.78. The molecule has 1 saturated heterocycles. The Balaban J connectivity index is 2.17. The summed E-state index contributed by atoms with van der Waals surface area (Å²) in [5.41, 5.74) is -0.814. The molecule has 0 unspecified atom stereocenters. The highest BCUT2D eigenvalue weighted by Crippen LogP contribution is 2.45. The summed E-state index contributed by atoms with van der Waals surface area (Å²) in [6.45, 7) is 0.493. The SMILES string of the molecule is FC1(F)CCNC12CCCCC2. The normalized spacial score (nSPS) is 32.5. The summed E-state index contributed by atoms with van der Waals surface area (Å²) in [5, 5.41) is 3.01. The Morgan fingerprint density at radius 3 is 2.08 bits per heavy atom. The second-order valence-electron chi connectivity index (χ2n) is 4.02. The standard InChI is InChI=1S/C9H15F2N/c10-9(11)6-7-12-8(9)4-2-1-3-5-8/h12H,1-7H2. The lowest BCUT2D eigenvalue weighted by molar-refractivity contribution is -0.0745. The van der Waals surface area contributed by atoms with E-state index in [1.54, 1.807) is 0 Å². The first-order valence-corrected chi connectivity index (χ1v) is 4.79. The summed E-state index contributed by atoms with van der Waals surface area (Å²) in [5.74, 6) is -2.45. The van der Waals surface area contributed by atoms with Gasteiger partial charge in [-0.1, -0.05) is 19.3 Å². The zero-order valence-corrected chi connectivity index (χ0v) is 7.21. The van der Waals surface area contributed by atoms with Crippen LogP contribution in [0.4, 0.5) is 8.78 Å². The number of rotatable bonds is 0. The van der Waals surface area contributed by atoms with Crippen molar-refractivity contribution in [3.8, 4) is 0 Å². The largest absolute Gasteiger partial charge is 0.306 e. The van der Waals surface area contributed by atoms with Crippen molar-refractivity contribution >= 4 is 0 Å². The minimum Gasteiger partial charge on any atom is -0.306 e. The molecule has 12 heavy (non-hydrogen) atoms. The summed E-state index contributed by atoms with van der Waals surface area (Å²) in [7, 11) is 0. The van der Waals surface area contributed by atoms with Gasteiger partial charge in [0, 0.05) is 13.0 Å². The predicted octanol–water partition coefficient (Wildman–Crippen LogP) is 2.32. The number of halogens is 2. The first kappa shape index (κ1) is 8.42. The topological polar surface area (TPSA) is 12.0 Å². The molecule has 0 aromatic heterocycles. The van der Waals surface area contributed by atoms with Crippen LogP contribution < -0.4 is 5.32 Å². The number of hydrogen-bond donors (Lipinski definition) is 1. The molecule has 0 bridgehead atoms. The van der Waals surface area contributed by atoms with Crippen LogP contribution in [0.15, 0.2) is 0 Å². The lowest BCUT2D eigenvalue weighted by Gasteiger charge is -2.38. The second kappa shape index (κ2) is 2.66. The fourth-order valence-corrected chi connectivity index (χ4v) is 2.53. The van der Waals surface area contributed by atoms with E-state index >= 15 is 0 Å². The van der Waals surface area contributed by atoms with Crippen molar-refractivity contribution in [3.63, 3.8) is 0 Å². The second-order valence-corrected chi connectivity index (χ2v) is 4.02. The highest BCUT2D eigenvalue weighted by Gasteiger charge is 2.56. The van der Waals surface area contributed by atoms with Crippen molar-refractivity contribution < 1.29 is 8.78 Å². The minimum absolute atomic E-state index is 0.0347. The molecule has 1 spiro atoms. The lowest BCUT2D eigenvalue weighted by Crippen LogP contribution is -2.52. The van der Waals surface area contributed by atoms with Crippen LogP contribution in [-0.4, -0.2) is 18.0 Å². The van der Waals surface area contributed by atoms with Gasteiger partial charge in [-0.05, 0) is 12.8 Å². The van der Waals surface area contributed by atoms with Crippen molar-refractivity contribution in [1.29, 1.82) is 0 Å². The summed E-state index contributed by atoms with van der Waals surface area (Å²) in [4.78, 5) is 0. The fourth-order valence-electron chi connectivity index (χ4n) is 2.53. The van der Waals surface area contributed by atoms with Crippen molar-refractivity contribution in [2.24, 2.45) is 0 Å². The van der Waals surface area contributed by atoms with Gasteiger partial charge in [0.2, 0.25) is 0 Å². The number of nitrogens with one attached hydrogen (secondary N) is 1. The molecule has 1 saturated carbocycles. The van der Waals surface area contributed by atoms with Gasteiger partial charge in [0.15, 0.2) is 0 Å². The van der Waals surface area contributed by atoms with E-state index in [1.165, 1.54) is 0 Å². The molecule has 1 aliphatic carbocycles. The van der Waals surface area contributed by atoms with E-state index in [9.17, 15) is 8.78 Å². The minimum atomic E-state index is -2.45. The van der Waals surface area contributed by atoms with Gasteiger partial charge in [0.1, 0.15) is 0 Å². The monoisotopic (exact) mass is 175 g/mol. The molecular weight excluding hydrogens is 160 g/mol. The fraction of sp³-hybridized carbons (Fsp3) is 1.00. The summed E-state index contributed by atoms with van der Waals surface area (Å²) >= 11 is 0. The zero-order chi connectivity index (χ0) is 8.66. The van der Waals surface area contributed by atoms with E-state index in [-0.39, 0.29) is 6.42 Å². The van der Waals surface area contributed by atoms with Crippen LogP contribution >= 0.6 is 0 Å². The maximum absolute atomic E-state index is 13.4. The van der Waals surface area contributed by atoms with E-state index in [2.05, 4.69) is 5.32 Å². The Kier molecular flexibility index (Phi) is 1.86. The van der Waals surface area contributed by atoms with Gasteiger partial charge in [-0.3, -0.25) is 0 Å². The molecule has 0 aromatic rings. The first-order chi connectivity index (χ1) is 5.66. The maximum atomic E-state index is 13.4. The molecule has 3 heteroatoms. The van der Waals surface area contributed by atoms with Gasteiger partial charge < -0.3 is 5.32 Å². The molecule has 1 nitrogen and oxygen atoms in total. The quantitative estimate of drug-likeness (QED) is 0.595. The molecule has 1 heterocycles. The van der Waals surface area contributed by atoms with Crippen molar-refractivity contribution in [2.45, 2.75) is 50.0 Å². The molecule has 1 aliphatic heterocycles. The number of hydrogen-bond acceptors (Lipinski definition) is 1. The summed E-state index contributed by atoms with van der Waals surface area (Å²) in [6.07, 6.45) is 4.41. The van der Waals surface area contributed by atoms with E-state index in [4.69, 9.17) is 0 Å². The van der Waals surface area contributed by atoms with Crippen LogP contribution in [0.1, 0.15) is 38.5 Å². The molecule has 2 rings (SSSR count). The third-order valence-corrected chi connectivity index (χ3v) is 3.31. The van der Waals surface area contributed by atoms with Gasteiger partial charge in [0.05, 0.1) is 5.54 Å². The Bertz CT molecular complexity index is 173. The Labute approximate surface area is 71.5 Å². The molecule has 0 amide bonds. The molecule has 0 aromatic carbocycles. The smallest absolute Gasteiger partial charge is 0.267 e. The van der Waals surface area contributed by atoms with E-state index in [0.29, 0.717) is 19.4 Å². The van der Waals surface area contributed by atoms with Crippen LogP contribution in [0.3, 0.4) is 0 Å². The van der Waals surface area contributed by atoms with Crippen molar-refractivity contribution in [1.82, 2.24) is 5.32 Å². The third-order valence-electron chi connectivity index (χ3n) is 3.31. The molecular formula is C9H15F2N. The van der Waals surface area contributed by atoms with E-state index in [0.717, 1.165) is 19.3 Å². The third kappa shape index (κ3) is 1.06. The van der Waals surface area contributed by atoms with Crippen molar-refractivity contribution in [2.75, 3.05) is 6.54 Å². The Hall–Kier alpha value is -0.180. The Morgan fingerprint density at radius 2 is 1.58 bits per heavy atom. The molecule has 0 atom stereocenters. The van der Waals surface area contributed by atoms with Crippen LogP contribution in [0.2, 0.25) is 0 Å². The molecule has 0 radical (unpaired) electrons. The van der Waals surface area contributed by atoms with Gasteiger partial charge in [-0.25, -0.2) is 8.78 Å². The highest BCUT2D eigenvalue weighted by molar-refractivity contribution is 5.06. The molecule has 2 fully saturated rings. The zero-order valence-electron chi connectivity index (χ0n) is 7.21. The van der Waals surface area contributed by atoms with Gasteiger partial charge >= 0.3 is 0 Å². The van der Waals surface area contributed by atoms with Gasteiger partial charge in [-0.2, -0.15) is 0 Å². The van der Waals surface area contributed by atoms with Crippen LogP contribution in [-0.2, 0) is 0 Å². The first-order valence-electron chi connectivity index (χ1n) is 4.79. The molecule has 1 N–H and O–H groups in total. The van der Waals surface area contributed by atoms with Gasteiger partial charge in [0.25, 0.3) is 5.92 Å². The van der Waals surface area contributed by atoms with E-state index in [1.807, 2.05) is 0 Å². The highest BCUT2D eigenvalue weighted by atomic mass is 19.3. The maximum Gasteiger partial charge on any atom is 0.267 e. The molecule has 70 valence electrons. The Morgan fingerprint density at radius 1 is 0.917 bits per heavy atom. The van der Waals surface area contributed by atoms with Crippen LogP contribution in [0.25, 0.3) is 0 Å². The van der Waals surface area contributed by atoms with Gasteiger partial charge in [-0.15, -0.1) is 0 Å². The van der Waals surface area contributed by atoms with E-state index < -0.39 is 11.5 Å². The van der Waals surface area contributed by atoms with Crippen molar-refractivity contribution in [3.05, 3.63) is 0 Å². The average molecular weight is 175 g/mol.